The Morgan fingerprint density at radius 1 is 0.447 bits per heavy atom. The number of nitrogens with zero attached hydrogens (tertiary/aromatic N) is 3. The van der Waals surface area contributed by atoms with E-state index in [9.17, 15) is 5.26 Å². The highest BCUT2D eigenvalue weighted by molar-refractivity contribution is 6.30. The van der Waals surface area contributed by atoms with Crippen LogP contribution in [0.1, 0.15) is 5.56 Å². The molecule has 0 aliphatic carbocycles. The van der Waals surface area contributed by atoms with Crippen molar-refractivity contribution in [3.05, 3.63) is 157 Å². The van der Waals surface area contributed by atoms with Crippen LogP contribution in [0.2, 0.25) is 0 Å². The first-order valence-corrected chi connectivity index (χ1v) is 15.8. The molecule has 4 heteroatoms. The summed E-state index contributed by atoms with van der Waals surface area (Å²) < 4.78 is 11.4. The zero-order valence-electron chi connectivity index (χ0n) is 25.2. The van der Waals surface area contributed by atoms with E-state index in [2.05, 4.69) is 130 Å². The van der Waals surface area contributed by atoms with Crippen molar-refractivity contribution in [1.29, 1.82) is 5.26 Å². The van der Waals surface area contributed by atoms with Gasteiger partial charge < -0.3 is 13.6 Å². The van der Waals surface area contributed by atoms with Gasteiger partial charge in [0.05, 0.1) is 39.1 Å². The van der Waals surface area contributed by atoms with Gasteiger partial charge in [-0.3, -0.25) is 0 Å². The lowest BCUT2D eigenvalue weighted by Gasteiger charge is -2.11. The molecule has 0 spiro atoms. The summed E-state index contributed by atoms with van der Waals surface area (Å²) in [6, 6.07) is 55.3. The third kappa shape index (κ3) is 3.63. The van der Waals surface area contributed by atoms with Gasteiger partial charge >= 0.3 is 0 Å². The van der Waals surface area contributed by atoms with E-state index in [1.165, 1.54) is 16.3 Å². The lowest BCUT2D eigenvalue weighted by atomic mass is 10.0. The van der Waals surface area contributed by atoms with Crippen molar-refractivity contribution in [2.45, 2.75) is 0 Å². The lowest BCUT2D eigenvalue weighted by molar-refractivity contribution is 0.673. The highest BCUT2D eigenvalue weighted by Gasteiger charge is 2.23. The normalized spacial score (nSPS) is 11.8. The SMILES string of the molecule is N#Cc1ccc(-c2ccc(-n3c4ccc5c6ccccc6oc5c4c4ccc5c(c6ccccc6n5-c5ccccc5)c43)cc2)cc1. The fourth-order valence-electron chi connectivity index (χ4n) is 7.49. The Kier molecular flexibility index (Phi) is 5.32. The van der Waals surface area contributed by atoms with Gasteiger partial charge in [0.1, 0.15) is 11.2 Å². The average Bonchev–Trinajstić information content (AvgIpc) is 3.79. The van der Waals surface area contributed by atoms with Crippen LogP contribution in [0.5, 0.6) is 0 Å². The van der Waals surface area contributed by atoms with Gasteiger partial charge in [-0.15, -0.1) is 0 Å². The maximum atomic E-state index is 9.27. The summed E-state index contributed by atoms with van der Waals surface area (Å²) in [5, 5.41) is 16.2. The lowest BCUT2D eigenvalue weighted by Crippen LogP contribution is -1.95. The Labute approximate surface area is 269 Å². The Morgan fingerprint density at radius 3 is 1.83 bits per heavy atom. The van der Waals surface area contributed by atoms with Crippen LogP contribution < -0.4 is 0 Å². The molecule has 0 saturated heterocycles. The number of nitriles is 1. The smallest absolute Gasteiger partial charge is 0.145 e. The van der Waals surface area contributed by atoms with E-state index < -0.39 is 0 Å². The minimum atomic E-state index is 0.659. The van der Waals surface area contributed by atoms with Crippen LogP contribution in [-0.4, -0.2) is 9.13 Å². The molecule has 0 N–H and O–H groups in total. The van der Waals surface area contributed by atoms with Gasteiger partial charge in [-0.2, -0.15) is 5.26 Å². The molecule has 3 aromatic heterocycles. The highest BCUT2D eigenvalue weighted by Crippen LogP contribution is 2.45. The van der Waals surface area contributed by atoms with Gasteiger partial charge in [-0.1, -0.05) is 78.9 Å². The molecule has 4 nitrogen and oxygen atoms in total. The van der Waals surface area contributed by atoms with Gasteiger partial charge in [-0.25, -0.2) is 0 Å². The minimum absolute atomic E-state index is 0.659. The van der Waals surface area contributed by atoms with Gasteiger partial charge in [0.25, 0.3) is 0 Å². The molecule has 0 unspecified atom stereocenters. The molecule has 7 aromatic carbocycles. The molecule has 47 heavy (non-hydrogen) atoms. The summed E-state index contributed by atoms with van der Waals surface area (Å²) in [6.45, 7) is 0. The fraction of sp³-hybridized carbons (Fsp3) is 0. The molecule has 0 radical (unpaired) electrons. The Bertz CT molecular complexity index is 2880. The van der Waals surface area contributed by atoms with E-state index in [1.807, 2.05) is 36.4 Å². The topological polar surface area (TPSA) is 46.8 Å². The second-order valence-corrected chi connectivity index (χ2v) is 12.0. The number of furan rings is 1. The van der Waals surface area contributed by atoms with Crippen molar-refractivity contribution in [2.75, 3.05) is 0 Å². The Morgan fingerprint density at radius 2 is 1.06 bits per heavy atom. The Balaban J connectivity index is 1.35. The summed E-state index contributed by atoms with van der Waals surface area (Å²) in [5.74, 6) is 0. The standard InChI is InChI=1S/C43H25N3O/c44-26-27-14-16-28(17-15-27)29-18-20-31(21-19-29)46-38-24-22-33-32-10-5-7-13-39(32)47-43(33)41(38)35-23-25-37-40(42(35)46)34-11-4-6-12-36(34)45(37)30-8-2-1-3-9-30/h1-25H. The molecule has 0 bridgehead atoms. The first kappa shape index (κ1) is 25.7. The number of fused-ring (bicyclic) bond motifs is 11. The molecule has 0 aliphatic rings. The summed E-state index contributed by atoms with van der Waals surface area (Å²) in [6.07, 6.45) is 0. The van der Waals surface area contributed by atoms with Crippen LogP contribution in [0.15, 0.2) is 156 Å². The van der Waals surface area contributed by atoms with Crippen LogP contribution in [0.3, 0.4) is 0 Å². The van der Waals surface area contributed by atoms with Crippen LogP contribution >= 0.6 is 0 Å². The molecule has 0 amide bonds. The van der Waals surface area contributed by atoms with Crippen LogP contribution in [-0.2, 0) is 0 Å². The molecule has 3 heterocycles. The number of rotatable bonds is 3. The van der Waals surface area contributed by atoms with E-state index in [0.29, 0.717) is 5.56 Å². The first-order valence-electron chi connectivity index (χ1n) is 15.8. The molecular formula is C43H25N3O. The van der Waals surface area contributed by atoms with E-state index in [1.54, 1.807) is 0 Å². The van der Waals surface area contributed by atoms with Crippen molar-refractivity contribution >= 4 is 65.6 Å². The summed E-state index contributed by atoms with van der Waals surface area (Å²) >= 11 is 0. The molecule has 0 saturated carbocycles. The van der Waals surface area contributed by atoms with Crippen LogP contribution in [0.4, 0.5) is 0 Å². The molecule has 0 fully saturated rings. The fourth-order valence-corrected chi connectivity index (χ4v) is 7.49. The number of benzene rings is 7. The first-order chi connectivity index (χ1) is 23.3. The van der Waals surface area contributed by atoms with E-state index in [0.717, 1.165) is 71.8 Å². The van der Waals surface area contributed by atoms with Crippen molar-refractivity contribution in [1.82, 2.24) is 9.13 Å². The molecule has 0 aliphatic heterocycles. The average molecular weight is 600 g/mol. The molecule has 10 rings (SSSR count). The van der Waals surface area contributed by atoms with Gasteiger partial charge in [0, 0.05) is 38.3 Å². The van der Waals surface area contributed by atoms with E-state index in [-0.39, 0.29) is 0 Å². The van der Waals surface area contributed by atoms with Crippen molar-refractivity contribution in [3.63, 3.8) is 0 Å². The monoisotopic (exact) mass is 599 g/mol. The predicted octanol–water partition coefficient (Wildman–Crippen LogP) is 11.3. The van der Waals surface area contributed by atoms with Crippen LogP contribution in [0, 0.1) is 11.3 Å². The summed E-state index contributed by atoms with van der Waals surface area (Å²) in [5.41, 5.74) is 11.4. The molecule has 10 aromatic rings. The van der Waals surface area contributed by atoms with Crippen LogP contribution in [0.25, 0.3) is 88.1 Å². The van der Waals surface area contributed by atoms with E-state index in [4.69, 9.17) is 4.42 Å². The second-order valence-electron chi connectivity index (χ2n) is 12.0. The summed E-state index contributed by atoms with van der Waals surface area (Å²) in [7, 11) is 0. The van der Waals surface area contributed by atoms with Gasteiger partial charge in [0.2, 0.25) is 0 Å². The highest BCUT2D eigenvalue weighted by atomic mass is 16.3. The third-order valence-electron chi connectivity index (χ3n) is 9.56. The van der Waals surface area contributed by atoms with Crippen molar-refractivity contribution < 1.29 is 4.42 Å². The zero-order valence-corrected chi connectivity index (χ0v) is 25.2. The Hall–Kier alpha value is -6.57. The number of aromatic nitrogens is 2. The largest absolute Gasteiger partial charge is 0.455 e. The molecule has 218 valence electrons. The molecule has 0 atom stereocenters. The van der Waals surface area contributed by atoms with Gasteiger partial charge in [-0.05, 0) is 83.9 Å². The van der Waals surface area contributed by atoms with E-state index >= 15 is 0 Å². The zero-order chi connectivity index (χ0) is 31.1. The predicted molar refractivity (Wildman–Crippen MR) is 193 cm³/mol. The second kappa shape index (κ2) is 9.71. The third-order valence-corrected chi connectivity index (χ3v) is 9.56. The number of hydrogen-bond donors (Lipinski definition) is 0. The maximum absolute atomic E-state index is 9.27. The maximum Gasteiger partial charge on any atom is 0.145 e. The minimum Gasteiger partial charge on any atom is -0.455 e. The quantitative estimate of drug-likeness (QED) is 0.203. The van der Waals surface area contributed by atoms with Gasteiger partial charge in [0.15, 0.2) is 0 Å². The van der Waals surface area contributed by atoms with Crippen molar-refractivity contribution in [2.24, 2.45) is 0 Å². The summed E-state index contributed by atoms with van der Waals surface area (Å²) in [4.78, 5) is 0. The molecular weight excluding hydrogens is 574 g/mol. The number of hydrogen-bond acceptors (Lipinski definition) is 2. The number of para-hydroxylation sites is 3. The van der Waals surface area contributed by atoms with Crippen molar-refractivity contribution in [3.8, 4) is 28.6 Å².